The van der Waals surface area contributed by atoms with Gasteiger partial charge in [-0.1, -0.05) is 0 Å². The van der Waals surface area contributed by atoms with Gasteiger partial charge in [0.15, 0.2) is 0 Å². The average Bonchev–Trinajstić information content (AvgIpc) is 2.52. The van der Waals surface area contributed by atoms with Gasteiger partial charge >= 0.3 is 135 Å². The summed E-state index contributed by atoms with van der Waals surface area (Å²) in [5, 5.41) is 19.6. The van der Waals surface area contributed by atoms with Crippen LogP contribution in [0.3, 0.4) is 0 Å². The zero-order valence-corrected chi connectivity index (χ0v) is 13.5. The molecule has 0 spiro atoms. The minimum atomic E-state index is -0.448. The van der Waals surface area contributed by atoms with Gasteiger partial charge in [0.25, 0.3) is 0 Å². The van der Waals surface area contributed by atoms with Gasteiger partial charge in [-0.3, -0.25) is 0 Å². The molecule has 0 atom stereocenters. The molecule has 2 rings (SSSR count). The summed E-state index contributed by atoms with van der Waals surface area (Å²) >= 11 is 0.292. The maximum atomic E-state index is 11.6. The SMILES string of the molecule is O=C(/C=C/c1ccc(O)cc1O)OCC[Se]c1ccccc1. The summed E-state index contributed by atoms with van der Waals surface area (Å²) in [6.45, 7) is 0.375. The van der Waals surface area contributed by atoms with E-state index in [2.05, 4.69) is 12.1 Å². The molecule has 0 aliphatic carbocycles. The van der Waals surface area contributed by atoms with Crippen molar-refractivity contribution in [1.82, 2.24) is 0 Å². The van der Waals surface area contributed by atoms with Crippen molar-refractivity contribution in [2.45, 2.75) is 5.32 Å². The summed E-state index contributed by atoms with van der Waals surface area (Å²) in [5.41, 5.74) is 0.447. The number of aromatic hydroxyl groups is 2. The molecule has 0 aromatic heterocycles. The second-order valence-corrected chi connectivity index (χ2v) is 6.86. The quantitative estimate of drug-likeness (QED) is 0.357. The van der Waals surface area contributed by atoms with E-state index in [4.69, 9.17) is 4.74 Å². The molecular formula is C17H16O4Se. The van der Waals surface area contributed by atoms with Crippen molar-refractivity contribution in [2.75, 3.05) is 6.61 Å². The number of hydrogen-bond acceptors (Lipinski definition) is 4. The summed E-state index contributed by atoms with van der Waals surface area (Å²) in [6, 6.07) is 14.3. The van der Waals surface area contributed by atoms with E-state index in [1.807, 2.05) is 18.2 Å². The van der Waals surface area contributed by atoms with Crippen LogP contribution in [0.1, 0.15) is 5.56 Å². The molecule has 0 bridgehead atoms. The Morgan fingerprint density at radius 1 is 1.14 bits per heavy atom. The number of hydrogen-bond donors (Lipinski definition) is 2. The molecule has 0 heterocycles. The maximum absolute atomic E-state index is 11.6. The van der Waals surface area contributed by atoms with Gasteiger partial charge in [-0.25, -0.2) is 0 Å². The zero-order valence-electron chi connectivity index (χ0n) is 11.8. The Morgan fingerprint density at radius 2 is 1.91 bits per heavy atom. The number of benzene rings is 2. The van der Waals surface area contributed by atoms with Crippen LogP contribution < -0.4 is 4.46 Å². The topological polar surface area (TPSA) is 66.8 Å². The summed E-state index contributed by atoms with van der Waals surface area (Å²) in [6.07, 6.45) is 2.72. The van der Waals surface area contributed by atoms with Crippen molar-refractivity contribution in [3.05, 3.63) is 60.2 Å². The van der Waals surface area contributed by atoms with E-state index in [0.717, 1.165) is 5.32 Å². The molecule has 0 amide bonds. The molecule has 5 heteroatoms. The Labute approximate surface area is 135 Å². The normalized spacial score (nSPS) is 10.7. The Morgan fingerprint density at radius 3 is 2.64 bits per heavy atom. The average molecular weight is 363 g/mol. The minimum absolute atomic E-state index is 0.0274. The van der Waals surface area contributed by atoms with E-state index in [9.17, 15) is 15.0 Å². The molecule has 114 valence electrons. The first kappa shape index (κ1) is 16.1. The number of phenols is 2. The molecule has 0 aliphatic heterocycles. The van der Waals surface area contributed by atoms with Crippen molar-refractivity contribution in [2.24, 2.45) is 0 Å². The number of rotatable bonds is 6. The van der Waals surface area contributed by atoms with E-state index < -0.39 is 5.97 Å². The van der Waals surface area contributed by atoms with Crippen LogP contribution in [0.4, 0.5) is 0 Å². The van der Waals surface area contributed by atoms with Gasteiger partial charge in [-0.05, 0) is 0 Å². The van der Waals surface area contributed by atoms with Gasteiger partial charge in [-0.2, -0.15) is 0 Å². The van der Waals surface area contributed by atoms with Crippen LogP contribution in [-0.4, -0.2) is 37.7 Å². The van der Waals surface area contributed by atoms with E-state index in [1.165, 1.54) is 34.8 Å². The molecule has 0 aliphatic rings. The molecule has 0 saturated carbocycles. The second-order valence-electron chi connectivity index (χ2n) is 4.41. The van der Waals surface area contributed by atoms with Crippen LogP contribution in [-0.2, 0) is 9.53 Å². The molecule has 2 aromatic carbocycles. The third-order valence-electron chi connectivity index (χ3n) is 2.75. The molecule has 2 aromatic rings. The zero-order chi connectivity index (χ0) is 15.8. The predicted molar refractivity (Wildman–Crippen MR) is 86.4 cm³/mol. The monoisotopic (exact) mass is 364 g/mol. The van der Waals surface area contributed by atoms with Gasteiger partial charge in [0.2, 0.25) is 0 Å². The Bertz CT molecular complexity index is 653. The summed E-state index contributed by atoms with van der Waals surface area (Å²) in [4.78, 5) is 11.6. The Hall–Kier alpha value is -2.23. The Kier molecular flexibility index (Phi) is 6.07. The van der Waals surface area contributed by atoms with Crippen LogP contribution >= 0.6 is 0 Å². The van der Waals surface area contributed by atoms with Crippen molar-refractivity contribution in [1.29, 1.82) is 0 Å². The summed E-state index contributed by atoms with van der Waals surface area (Å²) in [5.74, 6) is -0.562. The molecule has 0 radical (unpaired) electrons. The summed E-state index contributed by atoms with van der Waals surface area (Å²) in [7, 11) is 0. The number of ether oxygens (including phenoxy) is 1. The molecule has 0 fully saturated rings. The molecule has 0 saturated heterocycles. The standard InChI is InChI=1S/C17H16O4Se/c18-14-8-6-13(16(19)12-14)7-9-17(20)21-10-11-22-15-4-2-1-3-5-15/h1-9,12,18-19H,10-11H2/b9-7+. The first-order valence-corrected chi connectivity index (χ1v) is 8.76. The third kappa shape index (κ3) is 5.28. The van der Waals surface area contributed by atoms with Crippen LogP contribution in [0.2, 0.25) is 5.32 Å². The number of carbonyl (C=O) groups excluding carboxylic acids is 1. The third-order valence-corrected chi connectivity index (χ3v) is 4.80. The van der Waals surface area contributed by atoms with Crippen LogP contribution in [0.5, 0.6) is 11.5 Å². The van der Waals surface area contributed by atoms with E-state index in [0.29, 0.717) is 27.1 Å². The Balaban J connectivity index is 1.74. The van der Waals surface area contributed by atoms with Gasteiger partial charge in [0, 0.05) is 0 Å². The van der Waals surface area contributed by atoms with Crippen LogP contribution in [0.25, 0.3) is 6.08 Å². The van der Waals surface area contributed by atoms with Crippen molar-refractivity contribution in [3.63, 3.8) is 0 Å². The number of phenolic OH excluding ortho intramolecular Hbond substituents is 2. The van der Waals surface area contributed by atoms with Crippen molar-refractivity contribution in [3.8, 4) is 11.5 Å². The predicted octanol–water partition coefficient (Wildman–Crippen LogP) is 2.10. The van der Waals surface area contributed by atoms with E-state index in [-0.39, 0.29) is 11.5 Å². The van der Waals surface area contributed by atoms with E-state index >= 15 is 0 Å². The van der Waals surface area contributed by atoms with Crippen LogP contribution in [0.15, 0.2) is 54.6 Å². The second kappa shape index (κ2) is 8.27. The first-order chi connectivity index (χ1) is 10.6. The van der Waals surface area contributed by atoms with Crippen molar-refractivity contribution < 1.29 is 19.7 Å². The fourth-order valence-corrected chi connectivity index (χ4v) is 3.28. The summed E-state index contributed by atoms with van der Waals surface area (Å²) < 4.78 is 6.38. The number of esters is 1. The fourth-order valence-electron chi connectivity index (χ4n) is 1.70. The first-order valence-electron chi connectivity index (χ1n) is 6.70. The van der Waals surface area contributed by atoms with Gasteiger partial charge < -0.3 is 0 Å². The van der Waals surface area contributed by atoms with Crippen molar-refractivity contribution >= 4 is 31.5 Å². The van der Waals surface area contributed by atoms with Gasteiger partial charge in [0.05, 0.1) is 0 Å². The molecule has 22 heavy (non-hydrogen) atoms. The molecule has 0 unspecified atom stereocenters. The molecule has 4 nitrogen and oxygen atoms in total. The molecular weight excluding hydrogens is 347 g/mol. The molecule has 2 N–H and O–H groups in total. The van der Waals surface area contributed by atoms with Gasteiger partial charge in [-0.15, -0.1) is 0 Å². The van der Waals surface area contributed by atoms with E-state index in [1.54, 1.807) is 0 Å². The van der Waals surface area contributed by atoms with Crippen LogP contribution in [0, 0.1) is 0 Å². The van der Waals surface area contributed by atoms with Gasteiger partial charge in [0.1, 0.15) is 0 Å². The fraction of sp³-hybridized carbons (Fsp3) is 0.118. The number of carbonyl (C=O) groups is 1.